The number of amides is 2. The molecule has 3 N–H and O–H groups in total. The topological polar surface area (TPSA) is 75.8 Å². The highest BCUT2D eigenvalue weighted by atomic mass is 16.5. The van der Waals surface area contributed by atoms with Crippen LogP contribution in [0.4, 0.5) is 4.79 Å². The van der Waals surface area contributed by atoms with Gasteiger partial charge in [0.25, 0.3) is 0 Å². The number of ether oxygens (including phenoxy) is 1. The number of benzene rings is 2. The standard InChI is InChI=1S/C18H20N2O3/c1-12-5-2-3-8-17(12)23-15-7-4-6-13(9-15)16-10-14(16)11-20(22)18(19)21/h2-9,14,16,22H,10-11H2,1H3,(H2,19,21)/t14-,16-/m0/s1. The van der Waals surface area contributed by atoms with Crippen LogP contribution in [0.15, 0.2) is 48.5 Å². The van der Waals surface area contributed by atoms with Gasteiger partial charge in [0.15, 0.2) is 0 Å². The number of carbonyl (C=O) groups is 1. The summed E-state index contributed by atoms with van der Waals surface area (Å²) in [5.74, 6) is 2.19. The highest BCUT2D eigenvalue weighted by molar-refractivity contribution is 5.70. The van der Waals surface area contributed by atoms with Crippen LogP contribution in [0.2, 0.25) is 0 Å². The summed E-state index contributed by atoms with van der Waals surface area (Å²) in [5, 5.41) is 10.00. The fourth-order valence-corrected chi connectivity index (χ4v) is 2.78. The molecule has 1 fully saturated rings. The van der Waals surface area contributed by atoms with Gasteiger partial charge >= 0.3 is 6.03 Å². The lowest BCUT2D eigenvalue weighted by Gasteiger charge is -2.12. The van der Waals surface area contributed by atoms with Gasteiger partial charge in [-0.2, -0.15) is 0 Å². The van der Waals surface area contributed by atoms with Gasteiger partial charge in [-0.3, -0.25) is 5.21 Å². The number of aryl methyl sites for hydroxylation is 1. The van der Waals surface area contributed by atoms with Crippen molar-refractivity contribution in [2.75, 3.05) is 6.54 Å². The third-order valence-electron chi connectivity index (χ3n) is 4.19. The summed E-state index contributed by atoms with van der Waals surface area (Å²) in [4.78, 5) is 10.9. The SMILES string of the molecule is Cc1ccccc1Oc1cccc([C@@H]2C[C@H]2CN(O)C(N)=O)c1. The van der Waals surface area contributed by atoms with E-state index in [0.29, 0.717) is 11.0 Å². The molecule has 0 aromatic heterocycles. The van der Waals surface area contributed by atoms with Crippen molar-refractivity contribution in [3.63, 3.8) is 0 Å². The first-order valence-corrected chi connectivity index (χ1v) is 7.64. The second-order valence-corrected chi connectivity index (χ2v) is 5.96. The highest BCUT2D eigenvalue weighted by Crippen LogP contribution is 2.48. The van der Waals surface area contributed by atoms with E-state index in [1.165, 1.54) is 0 Å². The van der Waals surface area contributed by atoms with Gasteiger partial charge in [0.2, 0.25) is 0 Å². The first-order chi connectivity index (χ1) is 11.0. The fourth-order valence-electron chi connectivity index (χ4n) is 2.78. The predicted molar refractivity (Wildman–Crippen MR) is 86.6 cm³/mol. The number of hydrogen-bond donors (Lipinski definition) is 2. The van der Waals surface area contributed by atoms with Gasteiger partial charge in [-0.25, -0.2) is 9.86 Å². The number of rotatable bonds is 5. The van der Waals surface area contributed by atoms with Crippen molar-refractivity contribution in [3.8, 4) is 11.5 Å². The Morgan fingerprint density at radius 2 is 2.09 bits per heavy atom. The highest BCUT2D eigenvalue weighted by Gasteiger charge is 2.40. The van der Waals surface area contributed by atoms with Gasteiger partial charge in [-0.1, -0.05) is 30.3 Å². The molecule has 0 heterocycles. The van der Waals surface area contributed by atoms with E-state index >= 15 is 0 Å². The van der Waals surface area contributed by atoms with Crippen molar-refractivity contribution in [2.45, 2.75) is 19.3 Å². The van der Waals surface area contributed by atoms with Crippen LogP contribution in [-0.2, 0) is 0 Å². The average molecular weight is 312 g/mol. The maximum absolute atomic E-state index is 10.9. The summed E-state index contributed by atoms with van der Waals surface area (Å²) in [7, 11) is 0. The Hall–Kier alpha value is -2.53. The zero-order valence-corrected chi connectivity index (χ0v) is 13.0. The molecule has 2 amide bonds. The molecule has 0 radical (unpaired) electrons. The molecule has 5 nitrogen and oxygen atoms in total. The number of nitrogens with zero attached hydrogens (tertiary/aromatic N) is 1. The van der Waals surface area contributed by atoms with Crippen LogP contribution in [0.25, 0.3) is 0 Å². The Morgan fingerprint density at radius 3 is 2.83 bits per heavy atom. The summed E-state index contributed by atoms with van der Waals surface area (Å²) in [5.41, 5.74) is 7.27. The lowest BCUT2D eigenvalue weighted by molar-refractivity contribution is -0.0431. The van der Waals surface area contributed by atoms with E-state index in [-0.39, 0.29) is 12.5 Å². The number of urea groups is 1. The van der Waals surface area contributed by atoms with Crippen molar-refractivity contribution in [1.82, 2.24) is 5.06 Å². The molecule has 0 saturated heterocycles. The van der Waals surface area contributed by atoms with Crippen LogP contribution < -0.4 is 10.5 Å². The number of nitrogens with two attached hydrogens (primary N) is 1. The van der Waals surface area contributed by atoms with Gasteiger partial charge in [-0.05, 0) is 54.5 Å². The van der Waals surface area contributed by atoms with E-state index in [0.717, 1.165) is 29.0 Å². The summed E-state index contributed by atoms with van der Waals surface area (Å²) in [6, 6.07) is 15.0. The molecule has 0 bridgehead atoms. The number of hydrogen-bond acceptors (Lipinski definition) is 3. The average Bonchev–Trinajstić information content (AvgIpc) is 3.29. The Labute approximate surface area is 135 Å². The number of primary amides is 1. The molecule has 2 aromatic carbocycles. The molecule has 2 atom stereocenters. The van der Waals surface area contributed by atoms with Crippen LogP contribution in [0, 0.1) is 12.8 Å². The van der Waals surface area contributed by atoms with Gasteiger partial charge in [-0.15, -0.1) is 0 Å². The Kier molecular flexibility index (Phi) is 4.21. The van der Waals surface area contributed by atoms with E-state index in [4.69, 9.17) is 10.5 Å². The van der Waals surface area contributed by atoms with Crippen molar-refractivity contribution in [2.24, 2.45) is 11.7 Å². The van der Waals surface area contributed by atoms with Crippen LogP contribution >= 0.6 is 0 Å². The molecule has 120 valence electrons. The predicted octanol–water partition coefficient (Wildman–Crippen LogP) is 3.66. The van der Waals surface area contributed by atoms with Crippen molar-refractivity contribution >= 4 is 6.03 Å². The van der Waals surface area contributed by atoms with E-state index < -0.39 is 6.03 Å². The first-order valence-electron chi connectivity index (χ1n) is 7.64. The van der Waals surface area contributed by atoms with Crippen LogP contribution in [0.5, 0.6) is 11.5 Å². The third-order valence-corrected chi connectivity index (χ3v) is 4.19. The normalized spacial score (nSPS) is 19.2. The fraction of sp³-hybridized carbons (Fsp3) is 0.278. The Morgan fingerprint density at radius 1 is 1.30 bits per heavy atom. The number of carbonyl (C=O) groups excluding carboxylic acids is 1. The first kappa shape index (κ1) is 15.4. The molecular weight excluding hydrogens is 292 g/mol. The van der Waals surface area contributed by atoms with E-state index in [1.807, 2.05) is 55.5 Å². The summed E-state index contributed by atoms with van der Waals surface area (Å²) in [6.45, 7) is 2.28. The molecule has 0 unspecified atom stereocenters. The lowest BCUT2D eigenvalue weighted by Crippen LogP contribution is -2.34. The molecule has 1 aliphatic carbocycles. The summed E-state index contributed by atoms with van der Waals surface area (Å²) in [6.07, 6.45) is 0.929. The molecule has 0 spiro atoms. The minimum Gasteiger partial charge on any atom is -0.457 e. The summed E-state index contributed by atoms with van der Waals surface area (Å²) < 4.78 is 5.95. The molecule has 2 aromatic rings. The molecule has 1 saturated carbocycles. The molecule has 23 heavy (non-hydrogen) atoms. The van der Waals surface area contributed by atoms with Gasteiger partial charge in [0, 0.05) is 0 Å². The molecule has 3 rings (SSSR count). The molecular formula is C18H20N2O3. The van der Waals surface area contributed by atoms with Crippen molar-refractivity contribution < 1.29 is 14.7 Å². The molecule has 1 aliphatic rings. The van der Waals surface area contributed by atoms with E-state index in [2.05, 4.69) is 0 Å². The number of para-hydroxylation sites is 1. The maximum atomic E-state index is 10.9. The second kappa shape index (κ2) is 6.30. The van der Waals surface area contributed by atoms with Gasteiger partial charge in [0.05, 0.1) is 6.54 Å². The minimum absolute atomic E-state index is 0.237. The van der Waals surface area contributed by atoms with Gasteiger partial charge in [0.1, 0.15) is 11.5 Å². The van der Waals surface area contributed by atoms with Gasteiger partial charge < -0.3 is 10.5 Å². The number of hydroxylamine groups is 2. The quantitative estimate of drug-likeness (QED) is 0.653. The van der Waals surface area contributed by atoms with Crippen molar-refractivity contribution in [1.29, 1.82) is 0 Å². The Balaban J connectivity index is 1.67. The van der Waals surface area contributed by atoms with Crippen LogP contribution in [0.3, 0.4) is 0 Å². The largest absolute Gasteiger partial charge is 0.457 e. The third kappa shape index (κ3) is 3.63. The molecule has 5 heteroatoms. The van der Waals surface area contributed by atoms with E-state index in [1.54, 1.807) is 0 Å². The summed E-state index contributed by atoms with van der Waals surface area (Å²) >= 11 is 0. The molecule has 0 aliphatic heterocycles. The van der Waals surface area contributed by atoms with Crippen molar-refractivity contribution in [3.05, 3.63) is 59.7 Å². The zero-order valence-electron chi connectivity index (χ0n) is 13.0. The Bertz CT molecular complexity index is 717. The minimum atomic E-state index is -0.813. The maximum Gasteiger partial charge on any atom is 0.338 e. The van der Waals surface area contributed by atoms with Crippen LogP contribution in [-0.4, -0.2) is 22.8 Å². The zero-order chi connectivity index (χ0) is 16.4. The monoisotopic (exact) mass is 312 g/mol. The lowest BCUT2D eigenvalue weighted by atomic mass is 10.1. The van der Waals surface area contributed by atoms with Crippen LogP contribution in [0.1, 0.15) is 23.5 Å². The van der Waals surface area contributed by atoms with E-state index in [9.17, 15) is 10.0 Å². The smallest absolute Gasteiger partial charge is 0.338 e. The second-order valence-electron chi connectivity index (χ2n) is 5.96.